The Kier molecular flexibility index (Phi) is 7.20. The number of amides is 1. The van der Waals surface area contributed by atoms with Gasteiger partial charge in [0, 0.05) is 23.0 Å². The highest BCUT2D eigenvalue weighted by molar-refractivity contribution is 7.92. The molecule has 0 radical (unpaired) electrons. The smallest absolute Gasteiger partial charge is 0.262 e. The minimum Gasteiger partial charge on any atom is -0.497 e. The van der Waals surface area contributed by atoms with Crippen molar-refractivity contribution in [2.45, 2.75) is 36.1 Å². The van der Waals surface area contributed by atoms with Crippen LogP contribution in [0.3, 0.4) is 0 Å². The number of carbonyl (C=O) groups is 1. The van der Waals surface area contributed by atoms with E-state index in [0.29, 0.717) is 46.4 Å². The molecule has 5 atom stereocenters. The maximum absolute atomic E-state index is 13.4. The fourth-order valence-electron chi connectivity index (χ4n) is 7.64. The molecule has 4 aromatic carbocycles. The Morgan fingerprint density at radius 2 is 1.64 bits per heavy atom. The van der Waals surface area contributed by atoms with Crippen molar-refractivity contribution < 1.29 is 22.7 Å². The lowest BCUT2D eigenvalue weighted by atomic mass is 9.68. The molecule has 1 aliphatic heterocycles. The van der Waals surface area contributed by atoms with Gasteiger partial charge in [0.1, 0.15) is 11.5 Å². The first kappa shape index (κ1) is 28.3. The maximum atomic E-state index is 13.4. The zero-order valence-corrected chi connectivity index (χ0v) is 25.4. The molecule has 2 aliphatic carbocycles. The number of sulfonamides is 1. The zero-order chi connectivity index (χ0) is 30.4. The monoisotopic (exact) mass is 609 g/mol. The summed E-state index contributed by atoms with van der Waals surface area (Å²) in [6.07, 6.45) is 3.78. The van der Waals surface area contributed by atoms with Gasteiger partial charge in [0.15, 0.2) is 0 Å². The van der Waals surface area contributed by atoms with E-state index < -0.39 is 10.0 Å². The van der Waals surface area contributed by atoms with Crippen LogP contribution in [0.25, 0.3) is 0 Å². The number of benzene rings is 4. The van der Waals surface area contributed by atoms with Gasteiger partial charge in [-0.25, -0.2) is 8.42 Å². The minimum absolute atomic E-state index is 0.0514. The fraction of sp³-hybridized carbons (Fsp3) is 0.286. The first-order valence-electron chi connectivity index (χ1n) is 15.0. The van der Waals surface area contributed by atoms with Crippen LogP contribution < -0.4 is 24.8 Å². The van der Waals surface area contributed by atoms with E-state index in [1.807, 2.05) is 12.1 Å². The Labute approximate surface area is 257 Å². The van der Waals surface area contributed by atoms with Crippen molar-refractivity contribution in [1.82, 2.24) is 0 Å². The summed E-state index contributed by atoms with van der Waals surface area (Å²) in [7, 11) is -0.951. The highest BCUT2D eigenvalue weighted by Crippen LogP contribution is 2.63. The molecule has 2 saturated carbocycles. The number of rotatable bonds is 8. The average molecular weight is 610 g/mol. The molecule has 3 aliphatic rings. The van der Waals surface area contributed by atoms with E-state index >= 15 is 0 Å². The number of anilines is 3. The minimum atomic E-state index is -3.92. The topological polar surface area (TPSA) is 106 Å². The van der Waals surface area contributed by atoms with Gasteiger partial charge in [-0.1, -0.05) is 30.3 Å². The first-order valence-corrected chi connectivity index (χ1v) is 16.4. The quantitative estimate of drug-likeness (QED) is 0.198. The summed E-state index contributed by atoms with van der Waals surface area (Å²) in [5, 5.41) is 6.77. The molecule has 4 aromatic rings. The summed E-state index contributed by atoms with van der Waals surface area (Å²) in [5.41, 5.74) is 5.03. The number of ether oxygens (including phenoxy) is 2. The second-order valence-corrected chi connectivity index (χ2v) is 13.6. The highest BCUT2D eigenvalue weighted by atomic mass is 32.2. The third-order valence-corrected chi connectivity index (χ3v) is 11.0. The number of fused-ring (bicyclic) bond motifs is 7. The molecule has 226 valence electrons. The van der Waals surface area contributed by atoms with Gasteiger partial charge >= 0.3 is 0 Å². The van der Waals surface area contributed by atoms with Gasteiger partial charge in [-0.2, -0.15) is 0 Å². The number of carbonyl (C=O) groups excluding carboxylic acids is 1. The van der Waals surface area contributed by atoms with Crippen LogP contribution >= 0.6 is 0 Å². The fourth-order valence-corrected chi connectivity index (χ4v) is 8.70. The van der Waals surface area contributed by atoms with E-state index in [2.05, 4.69) is 51.8 Å². The lowest BCUT2D eigenvalue weighted by Gasteiger charge is -2.43. The van der Waals surface area contributed by atoms with E-state index in [1.54, 1.807) is 30.3 Å². The Morgan fingerprint density at radius 3 is 2.39 bits per heavy atom. The summed E-state index contributed by atoms with van der Waals surface area (Å²) in [6.45, 7) is 0. The molecule has 2 fully saturated rings. The molecule has 0 saturated heterocycles. The van der Waals surface area contributed by atoms with Crippen LogP contribution in [0.15, 0.2) is 95.9 Å². The Balaban J connectivity index is 1.09. The van der Waals surface area contributed by atoms with Gasteiger partial charge in [0.05, 0.1) is 30.8 Å². The molecule has 9 heteroatoms. The molecule has 7 rings (SSSR count). The predicted molar refractivity (Wildman–Crippen MR) is 171 cm³/mol. The standard InChI is InChI=1S/C35H35N3O5S/c1-42-26-13-17-31(43-2)30(20-26)38-44(40,41)27-14-11-25(12-15-27)36-35(39)24-10-16-29-28(19-24)32-22-8-9-23(18-22)33(32)34(37-29)21-6-4-3-5-7-21/h3-7,10-17,19-20,22-23,32-34,37-38H,8-9,18H2,1-2H3,(H,36,39)/t22-,23-,32-,33-,34+/m0/s1. The van der Waals surface area contributed by atoms with Crippen LogP contribution in [0.1, 0.15) is 52.7 Å². The van der Waals surface area contributed by atoms with Gasteiger partial charge in [-0.3, -0.25) is 9.52 Å². The van der Waals surface area contributed by atoms with Crippen LogP contribution in [-0.4, -0.2) is 28.5 Å². The van der Waals surface area contributed by atoms with Crippen molar-refractivity contribution in [2.75, 3.05) is 29.6 Å². The Morgan fingerprint density at radius 1 is 0.864 bits per heavy atom. The molecule has 0 unspecified atom stereocenters. The molecule has 2 bridgehead atoms. The molecule has 0 aromatic heterocycles. The number of hydrogen-bond acceptors (Lipinski definition) is 6. The van der Waals surface area contributed by atoms with Crippen LogP contribution in [0, 0.1) is 17.8 Å². The summed E-state index contributed by atoms with van der Waals surface area (Å²) in [6, 6.07) is 27.9. The molecule has 8 nitrogen and oxygen atoms in total. The Bertz CT molecular complexity index is 1810. The van der Waals surface area contributed by atoms with E-state index in [-0.39, 0.29) is 22.5 Å². The van der Waals surface area contributed by atoms with Gasteiger partial charge in [-0.15, -0.1) is 0 Å². The van der Waals surface area contributed by atoms with Gasteiger partial charge in [0.2, 0.25) is 0 Å². The lowest BCUT2D eigenvalue weighted by molar-refractivity contribution is 0.102. The third-order valence-electron chi connectivity index (χ3n) is 9.58. The third kappa shape index (κ3) is 5.05. The molecule has 44 heavy (non-hydrogen) atoms. The molecule has 3 N–H and O–H groups in total. The first-order chi connectivity index (χ1) is 21.3. The van der Waals surface area contributed by atoms with Crippen molar-refractivity contribution in [3.63, 3.8) is 0 Å². The van der Waals surface area contributed by atoms with Crippen LogP contribution in [0.2, 0.25) is 0 Å². The number of nitrogens with one attached hydrogen (secondary N) is 3. The van der Waals surface area contributed by atoms with Crippen molar-refractivity contribution in [3.05, 3.63) is 108 Å². The van der Waals surface area contributed by atoms with Crippen molar-refractivity contribution >= 4 is 33.0 Å². The number of hydrogen-bond donors (Lipinski definition) is 3. The van der Waals surface area contributed by atoms with E-state index in [1.165, 1.54) is 56.7 Å². The summed E-state index contributed by atoms with van der Waals surface area (Å²) in [5.74, 6) is 2.92. The highest BCUT2D eigenvalue weighted by Gasteiger charge is 2.53. The largest absolute Gasteiger partial charge is 0.497 e. The van der Waals surface area contributed by atoms with Crippen molar-refractivity contribution in [3.8, 4) is 11.5 Å². The van der Waals surface area contributed by atoms with Crippen molar-refractivity contribution in [2.24, 2.45) is 17.8 Å². The Hall–Kier alpha value is -4.50. The second kappa shape index (κ2) is 11.2. The van der Waals surface area contributed by atoms with Gasteiger partial charge < -0.3 is 20.1 Å². The lowest BCUT2D eigenvalue weighted by Crippen LogP contribution is -2.35. The predicted octanol–water partition coefficient (Wildman–Crippen LogP) is 7.05. The molecular weight excluding hydrogens is 574 g/mol. The summed E-state index contributed by atoms with van der Waals surface area (Å²) < 4.78 is 39.3. The summed E-state index contributed by atoms with van der Waals surface area (Å²) >= 11 is 0. The van der Waals surface area contributed by atoms with Crippen LogP contribution in [-0.2, 0) is 10.0 Å². The molecule has 0 spiro atoms. The SMILES string of the molecule is COc1ccc(OC)c(NS(=O)(=O)c2ccc(NC(=O)c3ccc4c(c3)[C@@H]3[C@H]5CC[C@@H](C5)[C@@H]3[C@@H](c3ccccc3)N4)cc2)c1. The summed E-state index contributed by atoms with van der Waals surface area (Å²) in [4.78, 5) is 13.5. The van der Waals surface area contributed by atoms with Gasteiger partial charge in [0.25, 0.3) is 15.9 Å². The van der Waals surface area contributed by atoms with Crippen LogP contribution in [0.4, 0.5) is 17.1 Å². The molecule has 1 amide bonds. The molecular formula is C35H35N3O5S. The average Bonchev–Trinajstić information content (AvgIpc) is 3.68. The zero-order valence-electron chi connectivity index (χ0n) is 24.6. The van der Waals surface area contributed by atoms with E-state index in [0.717, 1.165) is 5.69 Å². The van der Waals surface area contributed by atoms with Gasteiger partial charge in [-0.05, 0) is 109 Å². The second-order valence-electron chi connectivity index (χ2n) is 11.9. The van der Waals surface area contributed by atoms with E-state index in [9.17, 15) is 13.2 Å². The van der Waals surface area contributed by atoms with E-state index in [4.69, 9.17) is 9.47 Å². The molecule has 1 heterocycles. The van der Waals surface area contributed by atoms with Crippen molar-refractivity contribution in [1.29, 1.82) is 0 Å². The normalized spacial score (nSPS) is 23.2. The maximum Gasteiger partial charge on any atom is 0.262 e. The van der Waals surface area contributed by atoms with Crippen LogP contribution in [0.5, 0.6) is 11.5 Å². The number of methoxy groups -OCH3 is 2.